The number of methoxy groups -OCH3 is 1. The maximum Gasteiger partial charge on any atom is 0.290 e. The first-order valence-corrected chi connectivity index (χ1v) is 9.96. The summed E-state index contributed by atoms with van der Waals surface area (Å²) in [5.41, 5.74) is 1.43. The number of benzene rings is 2. The molecule has 0 radical (unpaired) electrons. The van der Waals surface area contributed by atoms with Crippen LogP contribution in [0.3, 0.4) is 0 Å². The molecule has 0 aliphatic rings. The summed E-state index contributed by atoms with van der Waals surface area (Å²) >= 11 is 2.68. The van der Waals surface area contributed by atoms with Crippen molar-refractivity contribution in [1.29, 1.82) is 0 Å². The number of hydrogen-bond donors (Lipinski definition) is 0. The Morgan fingerprint density at radius 2 is 2.04 bits per heavy atom. The fraction of sp³-hybridized carbons (Fsp3) is 0.0500. The highest BCUT2D eigenvalue weighted by molar-refractivity contribution is 7.22. The third-order valence-electron chi connectivity index (χ3n) is 3.88. The van der Waals surface area contributed by atoms with Crippen LogP contribution in [0.5, 0.6) is 5.75 Å². The monoisotopic (exact) mass is 411 g/mol. The zero-order chi connectivity index (χ0) is 19.5. The van der Waals surface area contributed by atoms with Crippen molar-refractivity contribution < 1.29 is 13.9 Å². The van der Waals surface area contributed by atoms with Gasteiger partial charge in [-0.2, -0.15) is 10.1 Å². The molecule has 0 N–H and O–H groups in total. The molecule has 28 heavy (non-hydrogen) atoms. The van der Waals surface area contributed by atoms with Gasteiger partial charge in [0.2, 0.25) is 5.13 Å². The highest BCUT2D eigenvalue weighted by atomic mass is 32.1. The van der Waals surface area contributed by atoms with Crippen molar-refractivity contribution in [2.75, 3.05) is 12.1 Å². The van der Waals surface area contributed by atoms with E-state index in [0.29, 0.717) is 21.3 Å². The lowest BCUT2D eigenvalue weighted by Gasteiger charge is -2.12. The molecule has 0 aliphatic carbocycles. The van der Waals surface area contributed by atoms with E-state index in [1.165, 1.54) is 46.0 Å². The van der Waals surface area contributed by atoms with E-state index in [4.69, 9.17) is 4.74 Å². The molecule has 0 atom stereocenters. The molecule has 0 saturated carbocycles. The van der Waals surface area contributed by atoms with Gasteiger partial charge in [0.05, 0.1) is 28.4 Å². The molecule has 0 bridgehead atoms. The van der Waals surface area contributed by atoms with Crippen LogP contribution in [0.4, 0.5) is 9.52 Å². The minimum atomic E-state index is -0.330. The first-order chi connectivity index (χ1) is 13.6. The number of halogens is 1. The number of thiazole rings is 1. The van der Waals surface area contributed by atoms with Gasteiger partial charge in [0, 0.05) is 0 Å². The van der Waals surface area contributed by atoms with Gasteiger partial charge >= 0.3 is 0 Å². The Morgan fingerprint density at radius 3 is 2.75 bits per heavy atom. The zero-order valence-electron chi connectivity index (χ0n) is 14.7. The summed E-state index contributed by atoms with van der Waals surface area (Å²) in [6.45, 7) is 0. The molecule has 0 saturated heterocycles. The number of hydrazone groups is 1. The maximum absolute atomic E-state index is 13.1. The fourth-order valence-electron chi connectivity index (χ4n) is 2.48. The molecule has 0 unspecified atom stereocenters. The van der Waals surface area contributed by atoms with Crippen molar-refractivity contribution in [2.24, 2.45) is 5.10 Å². The predicted molar refractivity (Wildman–Crippen MR) is 111 cm³/mol. The van der Waals surface area contributed by atoms with E-state index >= 15 is 0 Å². The number of anilines is 1. The third kappa shape index (κ3) is 3.78. The molecule has 4 rings (SSSR count). The van der Waals surface area contributed by atoms with Gasteiger partial charge in [0.1, 0.15) is 11.6 Å². The number of fused-ring (bicyclic) bond motifs is 1. The smallest absolute Gasteiger partial charge is 0.290 e. The molecule has 2 aromatic heterocycles. The summed E-state index contributed by atoms with van der Waals surface area (Å²) < 4.78 is 19.3. The number of aromatic nitrogens is 1. The number of carbonyl (C=O) groups excluding carboxylic acids is 1. The van der Waals surface area contributed by atoms with Crippen LogP contribution in [0.15, 0.2) is 65.1 Å². The van der Waals surface area contributed by atoms with Crippen molar-refractivity contribution in [3.8, 4) is 5.75 Å². The van der Waals surface area contributed by atoms with Crippen LogP contribution >= 0.6 is 22.7 Å². The van der Waals surface area contributed by atoms with E-state index in [1.807, 2.05) is 29.6 Å². The van der Waals surface area contributed by atoms with Crippen molar-refractivity contribution >= 4 is 50.1 Å². The molecule has 4 aromatic rings. The van der Waals surface area contributed by atoms with Gasteiger partial charge in [-0.15, -0.1) is 11.3 Å². The van der Waals surface area contributed by atoms with Crippen molar-refractivity contribution in [3.05, 3.63) is 76.2 Å². The van der Waals surface area contributed by atoms with E-state index in [0.717, 1.165) is 10.2 Å². The minimum Gasteiger partial charge on any atom is -0.497 e. The van der Waals surface area contributed by atoms with Gasteiger partial charge in [0.15, 0.2) is 0 Å². The highest BCUT2D eigenvalue weighted by Gasteiger charge is 2.22. The Labute approximate surface area is 168 Å². The SMILES string of the molecule is COc1ccc2nc(N(/N=C\c3ccc(F)cc3)C(=O)c3cccs3)sc2c1. The van der Waals surface area contributed by atoms with Gasteiger partial charge in [-0.1, -0.05) is 29.5 Å². The standard InChI is InChI=1S/C20H14FN3O2S2/c1-26-15-8-9-16-18(11-15)28-20(23-16)24(19(25)17-3-2-10-27-17)22-12-13-4-6-14(21)7-5-13/h2-12H,1H3/b22-12-. The molecular weight excluding hydrogens is 397 g/mol. The number of nitrogens with zero attached hydrogens (tertiary/aromatic N) is 3. The number of hydrogen-bond acceptors (Lipinski definition) is 6. The summed E-state index contributed by atoms with van der Waals surface area (Å²) in [4.78, 5) is 18.1. The molecule has 0 spiro atoms. The van der Waals surface area contributed by atoms with Crippen LogP contribution in [-0.4, -0.2) is 24.2 Å². The van der Waals surface area contributed by atoms with Crippen molar-refractivity contribution in [2.45, 2.75) is 0 Å². The average Bonchev–Trinajstić information content (AvgIpc) is 3.38. The molecule has 0 fully saturated rings. The molecule has 1 amide bonds. The summed E-state index contributed by atoms with van der Waals surface area (Å²) in [7, 11) is 1.60. The molecule has 140 valence electrons. The summed E-state index contributed by atoms with van der Waals surface area (Å²) in [5.74, 6) is 0.108. The van der Waals surface area contributed by atoms with E-state index < -0.39 is 0 Å². The highest BCUT2D eigenvalue weighted by Crippen LogP contribution is 2.32. The number of rotatable bonds is 5. The number of thiophene rings is 1. The van der Waals surface area contributed by atoms with Gasteiger partial charge in [-0.3, -0.25) is 4.79 Å². The third-order valence-corrected chi connectivity index (χ3v) is 5.73. The van der Waals surface area contributed by atoms with Crippen molar-refractivity contribution in [3.63, 3.8) is 0 Å². The van der Waals surface area contributed by atoms with Gasteiger partial charge in [-0.05, 0) is 47.3 Å². The number of amides is 1. The average molecular weight is 411 g/mol. The second kappa shape index (κ2) is 7.87. The maximum atomic E-state index is 13.1. The van der Waals surface area contributed by atoms with Crippen LogP contribution in [0.2, 0.25) is 0 Å². The summed E-state index contributed by atoms with van der Waals surface area (Å²) in [6.07, 6.45) is 1.51. The zero-order valence-corrected chi connectivity index (χ0v) is 16.3. The second-order valence-electron chi connectivity index (χ2n) is 5.72. The first kappa shape index (κ1) is 18.3. The Hall–Kier alpha value is -3.10. The Kier molecular flexibility index (Phi) is 5.14. The van der Waals surface area contributed by atoms with Crippen LogP contribution < -0.4 is 9.75 Å². The summed E-state index contributed by atoms with van der Waals surface area (Å²) in [6, 6.07) is 14.9. The predicted octanol–water partition coefficient (Wildman–Crippen LogP) is 5.19. The Balaban J connectivity index is 1.74. The van der Waals surface area contributed by atoms with Gasteiger partial charge in [0.25, 0.3) is 5.91 Å². The van der Waals surface area contributed by atoms with Gasteiger partial charge in [-0.25, -0.2) is 9.37 Å². The lowest BCUT2D eigenvalue weighted by Crippen LogP contribution is -2.24. The fourth-order valence-corrected chi connectivity index (χ4v) is 4.08. The van der Waals surface area contributed by atoms with Crippen molar-refractivity contribution in [1.82, 2.24) is 4.98 Å². The molecule has 8 heteroatoms. The quantitative estimate of drug-likeness (QED) is 0.336. The summed E-state index contributed by atoms with van der Waals surface area (Å²) in [5, 5.41) is 7.89. The minimum absolute atomic E-state index is 0.278. The molecule has 5 nitrogen and oxygen atoms in total. The van der Waals surface area contributed by atoms with Crippen LogP contribution in [-0.2, 0) is 0 Å². The Bertz CT molecular complexity index is 1140. The van der Waals surface area contributed by atoms with E-state index in [1.54, 1.807) is 25.3 Å². The largest absolute Gasteiger partial charge is 0.497 e. The van der Waals surface area contributed by atoms with Crippen LogP contribution in [0.1, 0.15) is 15.2 Å². The molecular formula is C20H14FN3O2S2. The van der Waals surface area contributed by atoms with E-state index in [9.17, 15) is 9.18 Å². The van der Waals surface area contributed by atoms with Crippen LogP contribution in [0.25, 0.3) is 10.2 Å². The Morgan fingerprint density at radius 1 is 1.21 bits per heavy atom. The van der Waals surface area contributed by atoms with E-state index in [2.05, 4.69) is 10.1 Å². The first-order valence-electron chi connectivity index (χ1n) is 8.26. The molecule has 2 heterocycles. The second-order valence-corrected chi connectivity index (χ2v) is 7.68. The number of ether oxygens (including phenoxy) is 1. The normalized spacial score (nSPS) is 11.2. The lowest BCUT2D eigenvalue weighted by molar-refractivity contribution is 0.0991. The van der Waals surface area contributed by atoms with E-state index in [-0.39, 0.29) is 11.7 Å². The topological polar surface area (TPSA) is 54.8 Å². The molecule has 0 aliphatic heterocycles. The lowest BCUT2D eigenvalue weighted by atomic mass is 10.2. The number of carbonyl (C=O) groups is 1. The van der Waals surface area contributed by atoms with Crippen LogP contribution in [0, 0.1) is 5.82 Å². The molecule has 2 aromatic carbocycles. The van der Waals surface area contributed by atoms with Gasteiger partial charge < -0.3 is 4.74 Å².